The number of anilines is 2. The lowest BCUT2D eigenvalue weighted by Crippen LogP contribution is -2.17. The molecular formula is C19H19N5OS. The fourth-order valence-electron chi connectivity index (χ4n) is 3.19. The fraction of sp³-hybridized carbons (Fsp3) is 0.263. The van der Waals surface area contributed by atoms with Gasteiger partial charge in [-0.25, -0.2) is 15.0 Å². The Balaban J connectivity index is 1.71. The smallest absolute Gasteiger partial charge is 0.280 e. The molecule has 1 aromatic carbocycles. The molecule has 0 bridgehead atoms. The molecule has 132 valence electrons. The van der Waals surface area contributed by atoms with Crippen molar-refractivity contribution in [2.75, 3.05) is 12.4 Å². The van der Waals surface area contributed by atoms with Crippen LogP contribution in [0.1, 0.15) is 32.2 Å². The third kappa shape index (κ3) is 3.06. The molecule has 4 rings (SSSR count). The van der Waals surface area contributed by atoms with Gasteiger partial charge in [0.1, 0.15) is 0 Å². The Morgan fingerprint density at radius 1 is 1.12 bits per heavy atom. The molecule has 0 radical (unpaired) electrons. The first-order chi connectivity index (χ1) is 12.5. The van der Waals surface area contributed by atoms with Crippen LogP contribution in [0.5, 0.6) is 0 Å². The molecular weight excluding hydrogens is 346 g/mol. The summed E-state index contributed by atoms with van der Waals surface area (Å²) in [6, 6.07) is 6.26. The number of nitrogens with one attached hydrogen (secondary N) is 2. The maximum absolute atomic E-state index is 11.9. The van der Waals surface area contributed by atoms with Crippen LogP contribution in [0.25, 0.3) is 10.6 Å². The molecule has 0 atom stereocenters. The van der Waals surface area contributed by atoms with Crippen LogP contribution in [0.4, 0.5) is 11.6 Å². The maximum atomic E-state index is 11.9. The number of carbonyl (C=O) groups is 1. The van der Waals surface area contributed by atoms with Crippen molar-refractivity contribution in [3.05, 3.63) is 51.8 Å². The lowest BCUT2D eigenvalue weighted by atomic mass is 10.00. The monoisotopic (exact) mass is 365 g/mol. The predicted molar refractivity (Wildman–Crippen MR) is 103 cm³/mol. The minimum Gasteiger partial charge on any atom is -0.353 e. The molecule has 7 heteroatoms. The zero-order chi connectivity index (χ0) is 18.3. The van der Waals surface area contributed by atoms with Gasteiger partial charge in [-0.15, -0.1) is 11.3 Å². The first kappa shape index (κ1) is 16.7. The van der Waals surface area contributed by atoms with E-state index in [1.807, 2.05) is 6.20 Å². The van der Waals surface area contributed by atoms with E-state index in [1.54, 1.807) is 7.05 Å². The van der Waals surface area contributed by atoms with Crippen molar-refractivity contribution in [2.24, 2.45) is 0 Å². The van der Waals surface area contributed by atoms with Gasteiger partial charge in [0, 0.05) is 18.9 Å². The van der Waals surface area contributed by atoms with E-state index in [4.69, 9.17) is 4.98 Å². The minimum atomic E-state index is -0.159. The summed E-state index contributed by atoms with van der Waals surface area (Å²) >= 11 is 1.39. The molecule has 6 nitrogen and oxygen atoms in total. The Hall–Kier alpha value is -2.80. The Kier molecular flexibility index (Phi) is 4.16. The number of aryl methyl sites for hydroxylation is 4. The van der Waals surface area contributed by atoms with E-state index in [9.17, 15) is 4.79 Å². The van der Waals surface area contributed by atoms with E-state index in [0.717, 1.165) is 40.4 Å². The second-order valence-corrected chi connectivity index (χ2v) is 7.44. The number of benzene rings is 1. The number of thiazole rings is 1. The Labute approximate surface area is 155 Å². The van der Waals surface area contributed by atoms with Gasteiger partial charge in [-0.2, -0.15) is 0 Å². The number of amides is 1. The highest BCUT2D eigenvalue weighted by atomic mass is 32.1. The maximum Gasteiger partial charge on any atom is 0.280 e. The van der Waals surface area contributed by atoms with Crippen LogP contribution in [-0.4, -0.2) is 27.9 Å². The molecule has 2 N–H and O–H groups in total. The number of nitrogens with zero attached hydrogens (tertiary/aromatic N) is 3. The van der Waals surface area contributed by atoms with E-state index < -0.39 is 0 Å². The quantitative estimate of drug-likeness (QED) is 0.743. The van der Waals surface area contributed by atoms with Gasteiger partial charge in [0.2, 0.25) is 5.95 Å². The number of hydrogen-bond acceptors (Lipinski definition) is 6. The van der Waals surface area contributed by atoms with Gasteiger partial charge in [0.05, 0.1) is 16.3 Å². The number of fused-ring (bicyclic) bond motifs is 3. The molecule has 3 aromatic rings. The Morgan fingerprint density at radius 2 is 1.88 bits per heavy atom. The van der Waals surface area contributed by atoms with Crippen molar-refractivity contribution in [1.82, 2.24) is 20.3 Å². The number of carbonyl (C=O) groups excluding carboxylic acids is 1. The summed E-state index contributed by atoms with van der Waals surface area (Å²) < 4.78 is 0. The number of hydrogen-bond donors (Lipinski definition) is 2. The van der Waals surface area contributed by atoms with E-state index in [0.29, 0.717) is 11.0 Å². The van der Waals surface area contributed by atoms with Gasteiger partial charge in [-0.1, -0.05) is 6.07 Å². The topological polar surface area (TPSA) is 79.8 Å². The lowest BCUT2D eigenvalue weighted by molar-refractivity contribution is 0.0962. The molecule has 0 saturated carbocycles. The van der Waals surface area contributed by atoms with Gasteiger partial charge in [0.15, 0.2) is 5.01 Å². The largest absolute Gasteiger partial charge is 0.353 e. The molecule has 2 heterocycles. The highest BCUT2D eigenvalue weighted by Gasteiger charge is 2.25. The summed E-state index contributed by atoms with van der Waals surface area (Å²) in [5.74, 6) is 0.394. The molecule has 1 aliphatic rings. The summed E-state index contributed by atoms with van der Waals surface area (Å²) in [4.78, 5) is 26.5. The standard InChI is InChI=1S/C19H19N5OS/c1-10-6-11(2)8-13(7-10)22-19-21-9-12-4-5-14-16(15(12)24-19)26-18(23-14)17(25)20-3/h6-9H,4-5H2,1-3H3,(H,20,25)(H,21,22,24). The van der Waals surface area contributed by atoms with Crippen LogP contribution < -0.4 is 10.6 Å². The molecule has 1 amide bonds. The zero-order valence-electron chi connectivity index (χ0n) is 14.9. The highest BCUT2D eigenvalue weighted by molar-refractivity contribution is 7.17. The van der Waals surface area contributed by atoms with Crippen LogP contribution in [0.2, 0.25) is 0 Å². The Morgan fingerprint density at radius 3 is 2.62 bits per heavy atom. The predicted octanol–water partition coefficient (Wildman–Crippen LogP) is 3.42. The molecule has 0 aliphatic heterocycles. The summed E-state index contributed by atoms with van der Waals surface area (Å²) in [5.41, 5.74) is 6.25. The van der Waals surface area contributed by atoms with Gasteiger partial charge in [0.25, 0.3) is 5.91 Å². The molecule has 26 heavy (non-hydrogen) atoms. The van der Waals surface area contributed by atoms with Crippen LogP contribution in [0.15, 0.2) is 24.4 Å². The third-order valence-corrected chi connectivity index (χ3v) is 5.41. The molecule has 0 fully saturated rings. The van der Waals surface area contributed by atoms with E-state index in [1.165, 1.54) is 22.5 Å². The van der Waals surface area contributed by atoms with Crippen LogP contribution in [0.3, 0.4) is 0 Å². The summed E-state index contributed by atoms with van der Waals surface area (Å²) in [5, 5.41) is 6.40. The Bertz CT molecular complexity index is 991. The first-order valence-electron chi connectivity index (χ1n) is 8.47. The van der Waals surface area contributed by atoms with Crippen molar-refractivity contribution >= 4 is 28.9 Å². The molecule has 2 aromatic heterocycles. The van der Waals surface area contributed by atoms with Crippen molar-refractivity contribution < 1.29 is 4.79 Å². The molecule has 0 unspecified atom stereocenters. The molecule has 1 aliphatic carbocycles. The van der Waals surface area contributed by atoms with E-state index in [2.05, 4.69) is 52.6 Å². The summed E-state index contributed by atoms with van der Waals surface area (Å²) in [6.07, 6.45) is 3.52. The summed E-state index contributed by atoms with van der Waals surface area (Å²) in [7, 11) is 1.62. The summed E-state index contributed by atoms with van der Waals surface area (Å²) in [6.45, 7) is 4.13. The average molecular weight is 365 g/mol. The molecule has 0 spiro atoms. The number of rotatable bonds is 3. The van der Waals surface area contributed by atoms with Gasteiger partial charge >= 0.3 is 0 Å². The van der Waals surface area contributed by atoms with Crippen LogP contribution in [-0.2, 0) is 12.8 Å². The van der Waals surface area contributed by atoms with Crippen LogP contribution >= 0.6 is 11.3 Å². The first-order valence-corrected chi connectivity index (χ1v) is 9.28. The second-order valence-electron chi connectivity index (χ2n) is 6.44. The fourth-order valence-corrected chi connectivity index (χ4v) is 4.27. The highest BCUT2D eigenvalue weighted by Crippen LogP contribution is 2.37. The molecule has 0 saturated heterocycles. The number of aromatic nitrogens is 3. The van der Waals surface area contributed by atoms with Crippen LogP contribution in [0, 0.1) is 13.8 Å². The van der Waals surface area contributed by atoms with E-state index in [-0.39, 0.29) is 5.91 Å². The average Bonchev–Trinajstić information content (AvgIpc) is 3.05. The SMILES string of the molecule is CNC(=O)c1nc2c(s1)-c1nc(Nc3cc(C)cc(C)c3)ncc1CC2. The van der Waals surface area contributed by atoms with Gasteiger partial charge in [-0.05, 0) is 55.5 Å². The van der Waals surface area contributed by atoms with Gasteiger partial charge < -0.3 is 10.6 Å². The van der Waals surface area contributed by atoms with Crippen molar-refractivity contribution in [1.29, 1.82) is 0 Å². The van der Waals surface area contributed by atoms with Gasteiger partial charge in [-0.3, -0.25) is 4.79 Å². The normalized spacial score (nSPS) is 12.3. The third-order valence-electron chi connectivity index (χ3n) is 4.31. The van der Waals surface area contributed by atoms with E-state index >= 15 is 0 Å². The zero-order valence-corrected chi connectivity index (χ0v) is 15.7. The van der Waals surface area contributed by atoms with Crippen molar-refractivity contribution in [2.45, 2.75) is 26.7 Å². The minimum absolute atomic E-state index is 0.159. The van der Waals surface area contributed by atoms with Crippen molar-refractivity contribution in [3.63, 3.8) is 0 Å². The van der Waals surface area contributed by atoms with Crippen molar-refractivity contribution in [3.8, 4) is 10.6 Å². The lowest BCUT2D eigenvalue weighted by Gasteiger charge is -2.15. The second kappa shape index (κ2) is 6.49.